The Morgan fingerprint density at radius 3 is 2.09 bits per heavy atom. The van der Waals surface area contributed by atoms with Crippen molar-refractivity contribution in [3.8, 4) is 11.1 Å². The summed E-state index contributed by atoms with van der Waals surface area (Å²) >= 11 is 0. The Labute approximate surface area is 202 Å². The largest absolute Gasteiger partial charge is 0.207 e. The average molecular weight is 465 g/mol. The van der Waals surface area contributed by atoms with Crippen LogP contribution in [-0.2, 0) is 19.3 Å². The lowest BCUT2D eigenvalue weighted by molar-refractivity contribution is 0.308. The lowest BCUT2D eigenvalue weighted by Gasteiger charge is -2.29. The van der Waals surface area contributed by atoms with Crippen LogP contribution in [0.3, 0.4) is 0 Å². The molecule has 3 heteroatoms. The zero-order valence-electron chi connectivity index (χ0n) is 20.3. The van der Waals surface area contributed by atoms with Crippen LogP contribution in [0.15, 0.2) is 54.6 Å². The Balaban J connectivity index is 1.34. The Morgan fingerprint density at radius 2 is 1.44 bits per heavy atom. The van der Waals surface area contributed by atoms with E-state index < -0.39 is 11.6 Å². The van der Waals surface area contributed by atoms with Crippen molar-refractivity contribution in [2.75, 3.05) is 0 Å². The van der Waals surface area contributed by atoms with Crippen molar-refractivity contribution in [1.29, 1.82) is 0 Å². The maximum Gasteiger partial charge on any atom is 0.166 e. The first-order valence-corrected chi connectivity index (χ1v) is 12.8. The fourth-order valence-corrected chi connectivity index (χ4v) is 5.39. The third kappa shape index (κ3) is 5.56. The van der Waals surface area contributed by atoms with Crippen LogP contribution < -0.4 is 0 Å². The predicted molar refractivity (Wildman–Crippen MR) is 135 cm³/mol. The summed E-state index contributed by atoms with van der Waals surface area (Å²) in [7, 11) is 0. The molecule has 1 fully saturated rings. The van der Waals surface area contributed by atoms with E-state index in [0.29, 0.717) is 41.4 Å². The number of hydrogen-bond donors (Lipinski definition) is 0. The summed E-state index contributed by atoms with van der Waals surface area (Å²) in [6.45, 7) is 4.09. The van der Waals surface area contributed by atoms with Crippen LogP contribution in [0.25, 0.3) is 11.1 Å². The molecule has 0 unspecified atom stereocenters. The first kappa shape index (κ1) is 24.6. The van der Waals surface area contributed by atoms with Crippen LogP contribution in [0.2, 0.25) is 0 Å². The average Bonchev–Trinajstić information content (AvgIpc) is 2.86. The molecule has 0 bridgehead atoms. The van der Waals surface area contributed by atoms with E-state index in [9.17, 15) is 13.2 Å². The normalized spacial score (nSPS) is 18.3. The molecule has 0 N–H and O–H groups in total. The first-order chi connectivity index (χ1) is 16.5. The number of rotatable bonds is 8. The molecule has 0 heterocycles. The maximum atomic E-state index is 14.9. The number of halogens is 3. The highest BCUT2D eigenvalue weighted by Crippen LogP contribution is 2.38. The zero-order chi connectivity index (χ0) is 24.1. The molecule has 1 saturated carbocycles. The van der Waals surface area contributed by atoms with Crippen LogP contribution in [0.1, 0.15) is 80.5 Å². The van der Waals surface area contributed by atoms with Crippen molar-refractivity contribution in [2.24, 2.45) is 5.92 Å². The molecule has 180 valence electrons. The van der Waals surface area contributed by atoms with Crippen molar-refractivity contribution in [2.45, 2.75) is 77.6 Å². The molecule has 4 rings (SSSR count). The van der Waals surface area contributed by atoms with E-state index in [-0.39, 0.29) is 5.82 Å². The molecule has 0 atom stereocenters. The molecule has 3 aromatic carbocycles. The van der Waals surface area contributed by atoms with Gasteiger partial charge in [-0.15, -0.1) is 0 Å². The molecule has 1 aliphatic carbocycles. The molecular formula is C31H35F3. The molecular weight excluding hydrogens is 429 g/mol. The van der Waals surface area contributed by atoms with E-state index in [2.05, 4.69) is 13.0 Å². The second-order valence-electron chi connectivity index (χ2n) is 9.81. The van der Waals surface area contributed by atoms with Gasteiger partial charge in [-0.1, -0.05) is 68.8 Å². The van der Waals surface area contributed by atoms with Gasteiger partial charge in [-0.25, -0.2) is 13.2 Å². The molecule has 0 saturated heterocycles. The van der Waals surface area contributed by atoms with Gasteiger partial charge >= 0.3 is 0 Å². The van der Waals surface area contributed by atoms with E-state index in [1.807, 2.05) is 37.3 Å². The second-order valence-corrected chi connectivity index (χ2v) is 9.81. The third-order valence-corrected chi connectivity index (χ3v) is 7.56. The van der Waals surface area contributed by atoms with Crippen molar-refractivity contribution in [1.82, 2.24) is 0 Å². The summed E-state index contributed by atoms with van der Waals surface area (Å²) in [5, 5.41) is 0. The van der Waals surface area contributed by atoms with Gasteiger partial charge in [-0.3, -0.25) is 0 Å². The summed E-state index contributed by atoms with van der Waals surface area (Å²) in [4.78, 5) is 0. The highest BCUT2D eigenvalue weighted by atomic mass is 19.2. The van der Waals surface area contributed by atoms with Gasteiger partial charge in [0.15, 0.2) is 11.6 Å². The van der Waals surface area contributed by atoms with E-state index in [4.69, 9.17) is 0 Å². The lowest BCUT2D eigenvalue weighted by Crippen LogP contribution is -2.14. The summed E-state index contributed by atoms with van der Waals surface area (Å²) in [5.41, 5.74) is 4.58. The fraction of sp³-hybridized carbons (Fsp3) is 0.419. The number of benzene rings is 3. The molecule has 1 aliphatic rings. The Morgan fingerprint density at radius 1 is 0.735 bits per heavy atom. The summed E-state index contributed by atoms with van der Waals surface area (Å²) in [6, 6.07) is 16.9. The van der Waals surface area contributed by atoms with Gasteiger partial charge in [0.25, 0.3) is 0 Å². The zero-order valence-corrected chi connectivity index (χ0v) is 20.3. The number of aryl methyl sites for hydroxylation is 3. The molecule has 0 aromatic heterocycles. The number of hydrogen-bond acceptors (Lipinski definition) is 0. The van der Waals surface area contributed by atoms with Gasteiger partial charge in [-0.05, 0) is 97.1 Å². The summed E-state index contributed by atoms with van der Waals surface area (Å²) in [6.07, 6.45) is 8.32. The first-order valence-electron chi connectivity index (χ1n) is 12.8. The molecule has 0 radical (unpaired) electrons. The van der Waals surface area contributed by atoms with Crippen LogP contribution in [0, 0.1) is 23.4 Å². The van der Waals surface area contributed by atoms with Crippen molar-refractivity contribution in [3.05, 3.63) is 94.3 Å². The smallest absolute Gasteiger partial charge is 0.166 e. The molecule has 0 amide bonds. The van der Waals surface area contributed by atoms with E-state index in [1.165, 1.54) is 5.56 Å². The SMILES string of the molecule is CCCc1ccc(-c2ccc(CCC3CCC(c4ccc(CC)c(F)c4)CC3)c(F)c2F)cc1. The van der Waals surface area contributed by atoms with Crippen LogP contribution in [0.4, 0.5) is 13.2 Å². The summed E-state index contributed by atoms with van der Waals surface area (Å²) in [5.74, 6) is -0.657. The van der Waals surface area contributed by atoms with Crippen molar-refractivity contribution < 1.29 is 13.2 Å². The van der Waals surface area contributed by atoms with Gasteiger partial charge in [0, 0.05) is 5.56 Å². The molecule has 0 nitrogen and oxygen atoms in total. The molecule has 0 aliphatic heterocycles. The van der Waals surface area contributed by atoms with E-state index in [1.54, 1.807) is 18.2 Å². The molecule has 0 spiro atoms. The molecule has 3 aromatic rings. The standard InChI is InChI=1S/C31H35F3/c1-3-5-21-8-13-25(14-9-21)28-19-18-26(30(33)31(28)34)15-10-22-6-11-24(12-7-22)27-17-16-23(4-2)29(32)20-27/h8-9,13-14,16-20,22,24H,3-7,10-12,15H2,1-2H3. The lowest BCUT2D eigenvalue weighted by atomic mass is 9.76. The minimum absolute atomic E-state index is 0.0972. The monoisotopic (exact) mass is 464 g/mol. The van der Waals surface area contributed by atoms with Gasteiger partial charge in [0.1, 0.15) is 5.82 Å². The minimum atomic E-state index is -0.748. The Kier molecular flexibility index (Phi) is 8.13. The predicted octanol–water partition coefficient (Wildman–Crippen LogP) is 9.19. The molecule has 34 heavy (non-hydrogen) atoms. The minimum Gasteiger partial charge on any atom is -0.207 e. The Hall–Kier alpha value is -2.55. The van der Waals surface area contributed by atoms with Gasteiger partial charge in [0.2, 0.25) is 0 Å². The van der Waals surface area contributed by atoms with Gasteiger partial charge < -0.3 is 0 Å². The van der Waals surface area contributed by atoms with E-state index in [0.717, 1.165) is 56.1 Å². The van der Waals surface area contributed by atoms with Gasteiger partial charge in [-0.2, -0.15) is 0 Å². The maximum absolute atomic E-state index is 14.9. The van der Waals surface area contributed by atoms with Crippen LogP contribution in [-0.4, -0.2) is 0 Å². The highest BCUT2D eigenvalue weighted by Gasteiger charge is 2.24. The van der Waals surface area contributed by atoms with Crippen molar-refractivity contribution in [3.63, 3.8) is 0 Å². The summed E-state index contributed by atoms with van der Waals surface area (Å²) < 4.78 is 43.9. The topological polar surface area (TPSA) is 0 Å². The van der Waals surface area contributed by atoms with Crippen LogP contribution in [0.5, 0.6) is 0 Å². The second kappa shape index (κ2) is 11.3. The fourth-order valence-electron chi connectivity index (χ4n) is 5.39. The van der Waals surface area contributed by atoms with Crippen molar-refractivity contribution >= 4 is 0 Å². The quantitative estimate of drug-likeness (QED) is 0.312. The van der Waals surface area contributed by atoms with E-state index >= 15 is 0 Å². The van der Waals surface area contributed by atoms with Gasteiger partial charge in [0.05, 0.1) is 0 Å². The Bertz CT molecular complexity index is 1090. The third-order valence-electron chi connectivity index (χ3n) is 7.56. The van der Waals surface area contributed by atoms with Crippen LogP contribution >= 0.6 is 0 Å². The highest BCUT2D eigenvalue weighted by molar-refractivity contribution is 5.65.